The number of nitrogens with zero attached hydrogens (tertiary/aromatic N) is 2. The highest BCUT2D eigenvalue weighted by atomic mass is 16.5. The van der Waals surface area contributed by atoms with E-state index in [0.717, 1.165) is 29.7 Å². The first-order chi connectivity index (χ1) is 9.67. The van der Waals surface area contributed by atoms with Gasteiger partial charge in [-0.1, -0.05) is 0 Å². The Balaban J connectivity index is 2.86. The minimum atomic E-state index is 0.624. The first kappa shape index (κ1) is 14.2. The lowest BCUT2D eigenvalue weighted by Gasteiger charge is -2.23. The average Bonchev–Trinajstić information content (AvgIpc) is 2.48. The summed E-state index contributed by atoms with van der Waals surface area (Å²) in [5.41, 5.74) is 6.79. The number of anilines is 2. The Morgan fingerprint density at radius 2 is 1.90 bits per heavy atom. The molecular weight excluding hydrogens is 254 g/mol. The zero-order valence-electron chi connectivity index (χ0n) is 12.4. The Kier molecular flexibility index (Phi) is 4.17. The van der Waals surface area contributed by atoms with Crippen LogP contribution in [0.2, 0.25) is 0 Å². The standard InChI is InChI=1S/C15H21N3O2/c1-5-18(6-2)15-13-10(7-8-17-15)11(16)9-12(19-3)14(13)20-4/h7-9H,5-6,16H2,1-4H3. The molecular formula is C15H21N3O2. The fourth-order valence-corrected chi connectivity index (χ4v) is 2.44. The summed E-state index contributed by atoms with van der Waals surface area (Å²) in [6.45, 7) is 5.92. The number of fused-ring (bicyclic) bond motifs is 1. The molecule has 2 rings (SSSR count). The maximum Gasteiger partial charge on any atom is 0.172 e. The van der Waals surface area contributed by atoms with Gasteiger partial charge >= 0.3 is 0 Å². The monoisotopic (exact) mass is 275 g/mol. The van der Waals surface area contributed by atoms with Gasteiger partial charge in [-0.25, -0.2) is 4.98 Å². The number of hydrogen-bond donors (Lipinski definition) is 1. The summed E-state index contributed by atoms with van der Waals surface area (Å²) >= 11 is 0. The SMILES string of the molecule is CCN(CC)c1nccc2c(N)cc(OC)c(OC)c12. The first-order valence-electron chi connectivity index (χ1n) is 6.71. The molecule has 20 heavy (non-hydrogen) atoms. The summed E-state index contributed by atoms with van der Waals surface area (Å²) < 4.78 is 10.9. The maximum absolute atomic E-state index is 6.13. The third-order valence-electron chi connectivity index (χ3n) is 3.47. The van der Waals surface area contributed by atoms with Gasteiger partial charge in [0.1, 0.15) is 5.82 Å². The predicted octanol–water partition coefficient (Wildman–Crippen LogP) is 2.68. The van der Waals surface area contributed by atoms with Gasteiger partial charge in [0.2, 0.25) is 0 Å². The maximum atomic E-state index is 6.13. The van der Waals surface area contributed by atoms with Crippen LogP contribution in [0.1, 0.15) is 13.8 Å². The molecule has 2 N–H and O–H groups in total. The zero-order chi connectivity index (χ0) is 14.7. The van der Waals surface area contributed by atoms with Crippen molar-refractivity contribution in [2.75, 3.05) is 37.9 Å². The van der Waals surface area contributed by atoms with E-state index in [1.54, 1.807) is 26.5 Å². The molecule has 0 bridgehead atoms. The number of benzene rings is 1. The molecule has 0 aliphatic carbocycles. The van der Waals surface area contributed by atoms with Crippen molar-refractivity contribution in [2.24, 2.45) is 0 Å². The molecule has 1 aromatic heterocycles. The molecule has 108 valence electrons. The van der Waals surface area contributed by atoms with Crippen molar-refractivity contribution in [3.8, 4) is 11.5 Å². The highest BCUT2D eigenvalue weighted by Gasteiger charge is 2.18. The Hall–Kier alpha value is -2.17. The predicted molar refractivity (Wildman–Crippen MR) is 82.8 cm³/mol. The van der Waals surface area contributed by atoms with E-state index >= 15 is 0 Å². The molecule has 5 nitrogen and oxygen atoms in total. The number of hydrogen-bond acceptors (Lipinski definition) is 5. The average molecular weight is 275 g/mol. The largest absolute Gasteiger partial charge is 0.493 e. The van der Waals surface area contributed by atoms with Crippen LogP contribution in [0, 0.1) is 0 Å². The molecule has 0 fully saturated rings. The minimum Gasteiger partial charge on any atom is -0.493 e. The van der Waals surface area contributed by atoms with Crippen molar-refractivity contribution in [3.63, 3.8) is 0 Å². The molecule has 0 aliphatic heterocycles. The minimum absolute atomic E-state index is 0.624. The fraction of sp³-hybridized carbons (Fsp3) is 0.400. The van der Waals surface area contributed by atoms with Crippen LogP contribution in [0.25, 0.3) is 10.8 Å². The van der Waals surface area contributed by atoms with Gasteiger partial charge in [-0.2, -0.15) is 0 Å². The molecule has 0 radical (unpaired) electrons. The summed E-state index contributed by atoms with van der Waals surface area (Å²) in [4.78, 5) is 6.68. The molecule has 0 saturated carbocycles. The fourth-order valence-electron chi connectivity index (χ4n) is 2.44. The van der Waals surface area contributed by atoms with Gasteiger partial charge < -0.3 is 20.1 Å². The van der Waals surface area contributed by atoms with Crippen LogP contribution in [-0.2, 0) is 0 Å². The van der Waals surface area contributed by atoms with Gasteiger partial charge in [0.25, 0.3) is 0 Å². The molecule has 0 unspecified atom stereocenters. The number of rotatable bonds is 5. The number of aromatic nitrogens is 1. The van der Waals surface area contributed by atoms with Gasteiger partial charge in [0.15, 0.2) is 11.5 Å². The van der Waals surface area contributed by atoms with Crippen LogP contribution in [0.5, 0.6) is 11.5 Å². The molecule has 0 atom stereocenters. The molecule has 5 heteroatoms. The Labute approximate surface area is 119 Å². The van der Waals surface area contributed by atoms with Gasteiger partial charge in [-0.05, 0) is 19.9 Å². The topological polar surface area (TPSA) is 60.6 Å². The second-order valence-electron chi connectivity index (χ2n) is 4.43. The molecule has 0 saturated heterocycles. The smallest absolute Gasteiger partial charge is 0.172 e. The molecule has 0 spiro atoms. The first-order valence-corrected chi connectivity index (χ1v) is 6.71. The van der Waals surface area contributed by atoms with Crippen LogP contribution in [0.3, 0.4) is 0 Å². The molecule has 1 aromatic carbocycles. The Morgan fingerprint density at radius 3 is 2.45 bits per heavy atom. The molecule has 0 amide bonds. The summed E-state index contributed by atoms with van der Waals surface area (Å²) in [5.74, 6) is 2.17. The van der Waals surface area contributed by atoms with Crippen LogP contribution in [0.15, 0.2) is 18.3 Å². The third kappa shape index (κ3) is 2.19. The zero-order valence-corrected chi connectivity index (χ0v) is 12.4. The van der Waals surface area contributed by atoms with Crippen molar-refractivity contribution in [1.82, 2.24) is 4.98 Å². The van der Waals surface area contributed by atoms with Crippen molar-refractivity contribution >= 4 is 22.3 Å². The Morgan fingerprint density at radius 1 is 1.20 bits per heavy atom. The Bertz CT molecular complexity index is 610. The third-order valence-corrected chi connectivity index (χ3v) is 3.47. The molecule has 0 aliphatic rings. The lowest BCUT2D eigenvalue weighted by Crippen LogP contribution is -2.23. The van der Waals surface area contributed by atoms with E-state index in [-0.39, 0.29) is 0 Å². The number of nitrogens with two attached hydrogens (primary N) is 1. The highest BCUT2D eigenvalue weighted by Crippen LogP contribution is 2.42. The van der Waals surface area contributed by atoms with Crippen molar-refractivity contribution in [1.29, 1.82) is 0 Å². The van der Waals surface area contributed by atoms with E-state index in [9.17, 15) is 0 Å². The van der Waals surface area contributed by atoms with E-state index in [4.69, 9.17) is 15.2 Å². The van der Waals surface area contributed by atoms with E-state index in [0.29, 0.717) is 17.2 Å². The van der Waals surface area contributed by atoms with Crippen molar-refractivity contribution in [3.05, 3.63) is 18.3 Å². The molecule has 2 aromatic rings. The number of ether oxygens (including phenoxy) is 2. The van der Waals surface area contributed by atoms with E-state index in [2.05, 4.69) is 23.7 Å². The van der Waals surface area contributed by atoms with E-state index in [1.165, 1.54) is 0 Å². The van der Waals surface area contributed by atoms with Crippen molar-refractivity contribution < 1.29 is 9.47 Å². The van der Waals surface area contributed by atoms with Gasteiger partial charge in [-0.3, -0.25) is 0 Å². The van der Waals surface area contributed by atoms with Gasteiger partial charge in [-0.15, -0.1) is 0 Å². The second-order valence-corrected chi connectivity index (χ2v) is 4.43. The summed E-state index contributed by atoms with van der Waals surface area (Å²) in [6.07, 6.45) is 1.78. The van der Waals surface area contributed by atoms with Crippen LogP contribution in [-0.4, -0.2) is 32.3 Å². The van der Waals surface area contributed by atoms with Crippen LogP contribution < -0.4 is 20.1 Å². The lowest BCUT2D eigenvalue weighted by molar-refractivity contribution is 0.358. The molecule has 1 heterocycles. The number of pyridine rings is 1. The van der Waals surface area contributed by atoms with Crippen LogP contribution in [0.4, 0.5) is 11.5 Å². The van der Waals surface area contributed by atoms with E-state index < -0.39 is 0 Å². The second kappa shape index (κ2) is 5.86. The summed E-state index contributed by atoms with van der Waals surface area (Å²) in [5, 5.41) is 1.83. The normalized spacial score (nSPS) is 10.6. The quantitative estimate of drug-likeness (QED) is 0.850. The lowest BCUT2D eigenvalue weighted by atomic mass is 10.1. The summed E-state index contributed by atoms with van der Waals surface area (Å²) in [6, 6.07) is 3.69. The van der Waals surface area contributed by atoms with Crippen molar-refractivity contribution in [2.45, 2.75) is 13.8 Å². The summed E-state index contributed by atoms with van der Waals surface area (Å²) in [7, 11) is 3.24. The number of methoxy groups -OCH3 is 2. The van der Waals surface area contributed by atoms with Crippen LogP contribution >= 0.6 is 0 Å². The van der Waals surface area contributed by atoms with Gasteiger partial charge in [0, 0.05) is 36.4 Å². The van der Waals surface area contributed by atoms with E-state index in [1.807, 2.05) is 6.07 Å². The highest BCUT2D eigenvalue weighted by molar-refractivity contribution is 6.05. The number of nitrogen functional groups attached to an aromatic ring is 1. The van der Waals surface area contributed by atoms with Gasteiger partial charge in [0.05, 0.1) is 19.6 Å².